The minimum absolute atomic E-state index is 0.217. The lowest BCUT2D eigenvalue weighted by Crippen LogP contribution is -2.27. The maximum atomic E-state index is 6.33. The number of piperidine rings is 1. The smallest absolute Gasteiger partial charge is 0.205 e. The number of H-pyrrole nitrogens is 1. The Bertz CT molecular complexity index is 1280. The van der Waals surface area contributed by atoms with Crippen LogP contribution in [0.2, 0.25) is 10.0 Å². The minimum Gasteiger partial charge on any atom is -0.483 e. The Morgan fingerprint density at radius 3 is 2.85 bits per heavy atom. The van der Waals surface area contributed by atoms with Crippen LogP contribution < -0.4 is 15.8 Å². The summed E-state index contributed by atoms with van der Waals surface area (Å²) in [5, 5.41) is 13.0. The van der Waals surface area contributed by atoms with Gasteiger partial charge in [0.15, 0.2) is 11.4 Å². The number of hydrogen-bond donors (Lipinski definition) is 3. The van der Waals surface area contributed by atoms with Gasteiger partial charge < -0.3 is 20.2 Å². The first-order valence-corrected chi connectivity index (χ1v) is 11.8. The molecule has 0 saturated carbocycles. The Morgan fingerprint density at radius 1 is 1.24 bits per heavy atom. The summed E-state index contributed by atoms with van der Waals surface area (Å²) in [5.74, 6) is 1.12. The van der Waals surface area contributed by atoms with Crippen molar-refractivity contribution in [1.82, 2.24) is 20.5 Å². The first-order valence-electron chi connectivity index (χ1n) is 11.0. The van der Waals surface area contributed by atoms with E-state index < -0.39 is 0 Å². The van der Waals surface area contributed by atoms with E-state index in [1.54, 1.807) is 18.5 Å². The van der Waals surface area contributed by atoms with E-state index in [0.717, 1.165) is 53.7 Å². The molecule has 1 aliphatic rings. The topological polar surface area (TPSA) is 102 Å². The second-order valence-electron chi connectivity index (χ2n) is 8.44. The number of furan rings is 1. The summed E-state index contributed by atoms with van der Waals surface area (Å²) in [6.45, 7) is 3.95. The van der Waals surface area contributed by atoms with E-state index >= 15 is 0 Å². The van der Waals surface area contributed by atoms with Crippen LogP contribution in [0.1, 0.15) is 36.9 Å². The average molecular weight is 486 g/mol. The number of nitrogens with two attached hydrogens (primary N) is 1. The van der Waals surface area contributed by atoms with Gasteiger partial charge in [0.1, 0.15) is 12.4 Å². The molecule has 172 valence electrons. The van der Waals surface area contributed by atoms with Crippen molar-refractivity contribution in [2.45, 2.75) is 38.2 Å². The predicted octanol–water partition coefficient (Wildman–Crippen LogP) is 5.58. The number of fused-ring (bicyclic) bond motifs is 1. The molecular formula is C24H25Cl2N5O2. The maximum Gasteiger partial charge on any atom is 0.205 e. The zero-order chi connectivity index (χ0) is 22.9. The van der Waals surface area contributed by atoms with Crippen molar-refractivity contribution in [2.24, 2.45) is 0 Å². The molecule has 9 heteroatoms. The molecule has 4 aromatic rings. The molecule has 1 fully saturated rings. The van der Waals surface area contributed by atoms with Crippen molar-refractivity contribution in [3.05, 3.63) is 58.2 Å². The SMILES string of the molecule is CC(Cc1ccc(Cl)cc1Cl)Oc1c(N)ncc2c(-c3c[nH]nc3C3CCNCC3)coc12. The van der Waals surface area contributed by atoms with Gasteiger partial charge in [-0.3, -0.25) is 5.10 Å². The van der Waals surface area contributed by atoms with Crippen LogP contribution in [0.25, 0.3) is 22.1 Å². The molecule has 4 N–H and O–H groups in total. The van der Waals surface area contributed by atoms with E-state index in [1.165, 1.54) is 0 Å². The molecule has 4 heterocycles. The second kappa shape index (κ2) is 9.25. The average Bonchev–Trinajstić information content (AvgIpc) is 3.45. The third-order valence-corrected chi connectivity index (χ3v) is 6.72. The minimum atomic E-state index is -0.217. The van der Waals surface area contributed by atoms with Gasteiger partial charge in [-0.25, -0.2) is 4.98 Å². The Morgan fingerprint density at radius 2 is 2.06 bits per heavy atom. The predicted molar refractivity (Wildman–Crippen MR) is 131 cm³/mol. The fourth-order valence-corrected chi connectivity index (χ4v) is 4.95. The summed E-state index contributed by atoms with van der Waals surface area (Å²) in [5.41, 5.74) is 10.7. The molecule has 1 atom stereocenters. The number of benzene rings is 1. The Kier molecular flexibility index (Phi) is 6.19. The highest BCUT2D eigenvalue weighted by Crippen LogP contribution is 2.41. The standard InChI is InChI=1S/C24H25Cl2N5O2/c1-13(8-15-2-3-16(25)9-20(15)26)33-23-22-18(10-29-24(23)27)19(12-32-22)17-11-30-31-21(17)14-4-6-28-7-5-14/h2-3,9-14,28H,4-8H2,1H3,(H2,27,29)(H,30,31). The van der Waals surface area contributed by atoms with Crippen molar-refractivity contribution in [1.29, 1.82) is 0 Å². The van der Waals surface area contributed by atoms with Crippen molar-refractivity contribution in [3.63, 3.8) is 0 Å². The van der Waals surface area contributed by atoms with Gasteiger partial charge in [0.05, 0.1) is 11.1 Å². The fourth-order valence-electron chi connectivity index (χ4n) is 4.47. The normalized spacial score (nSPS) is 15.7. The van der Waals surface area contributed by atoms with Gasteiger partial charge in [-0.2, -0.15) is 5.10 Å². The lowest BCUT2D eigenvalue weighted by molar-refractivity contribution is 0.223. The van der Waals surface area contributed by atoms with Crippen LogP contribution in [0.15, 0.2) is 41.3 Å². The fraction of sp³-hybridized carbons (Fsp3) is 0.333. The summed E-state index contributed by atoms with van der Waals surface area (Å²) in [4.78, 5) is 4.39. The van der Waals surface area contributed by atoms with E-state index in [0.29, 0.717) is 33.7 Å². The number of nitrogen functional groups attached to an aromatic ring is 1. The van der Waals surface area contributed by atoms with Gasteiger partial charge >= 0.3 is 0 Å². The summed E-state index contributed by atoms with van der Waals surface area (Å²) in [7, 11) is 0. The zero-order valence-electron chi connectivity index (χ0n) is 18.2. The molecule has 1 aliphatic heterocycles. The monoisotopic (exact) mass is 485 g/mol. The number of nitrogens with zero attached hydrogens (tertiary/aromatic N) is 2. The molecule has 0 aliphatic carbocycles. The number of halogens is 2. The Labute approximate surface area is 201 Å². The van der Waals surface area contributed by atoms with E-state index in [1.807, 2.05) is 25.3 Å². The van der Waals surface area contributed by atoms with Crippen LogP contribution in [0.4, 0.5) is 5.82 Å². The van der Waals surface area contributed by atoms with Gasteiger partial charge in [0.2, 0.25) is 5.75 Å². The largest absolute Gasteiger partial charge is 0.483 e. The van der Waals surface area contributed by atoms with Gasteiger partial charge in [-0.05, 0) is 50.6 Å². The van der Waals surface area contributed by atoms with E-state index in [-0.39, 0.29) is 11.9 Å². The summed E-state index contributed by atoms with van der Waals surface area (Å²) in [6, 6.07) is 5.44. The molecule has 7 nitrogen and oxygen atoms in total. The molecule has 0 bridgehead atoms. The molecule has 3 aromatic heterocycles. The van der Waals surface area contributed by atoms with Gasteiger partial charge in [0, 0.05) is 45.9 Å². The van der Waals surface area contributed by atoms with Gasteiger partial charge in [-0.15, -0.1) is 0 Å². The van der Waals surface area contributed by atoms with Crippen molar-refractivity contribution >= 4 is 40.0 Å². The summed E-state index contributed by atoms with van der Waals surface area (Å²) in [6.07, 6.45) is 7.86. The molecule has 1 unspecified atom stereocenters. The molecule has 0 spiro atoms. The van der Waals surface area contributed by atoms with Crippen LogP contribution in [0.3, 0.4) is 0 Å². The molecule has 0 amide bonds. The Hall–Kier alpha value is -2.74. The molecule has 5 rings (SSSR count). The molecular weight excluding hydrogens is 461 g/mol. The van der Waals surface area contributed by atoms with E-state index in [2.05, 4.69) is 20.5 Å². The highest BCUT2D eigenvalue weighted by Gasteiger charge is 2.25. The highest BCUT2D eigenvalue weighted by atomic mass is 35.5. The third kappa shape index (κ3) is 4.40. The van der Waals surface area contributed by atoms with Crippen LogP contribution in [-0.2, 0) is 6.42 Å². The molecule has 0 radical (unpaired) electrons. The number of rotatable bonds is 6. The number of aromatic amines is 1. The van der Waals surface area contributed by atoms with Crippen molar-refractivity contribution in [2.75, 3.05) is 18.8 Å². The van der Waals surface area contributed by atoms with Crippen LogP contribution in [0.5, 0.6) is 5.75 Å². The molecule has 1 aromatic carbocycles. The highest BCUT2D eigenvalue weighted by molar-refractivity contribution is 6.35. The van der Waals surface area contributed by atoms with Crippen LogP contribution in [0, 0.1) is 0 Å². The number of hydrogen-bond acceptors (Lipinski definition) is 6. The number of ether oxygens (including phenoxy) is 1. The third-order valence-electron chi connectivity index (χ3n) is 6.13. The summed E-state index contributed by atoms with van der Waals surface area (Å²) >= 11 is 12.3. The lowest BCUT2D eigenvalue weighted by atomic mass is 9.90. The Balaban J connectivity index is 1.45. The number of anilines is 1. The first-order chi connectivity index (χ1) is 16.0. The number of aromatic nitrogens is 3. The summed E-state index contributed by atoms with van der Waals surface area (Å²) < 4.78 is 12.2. The number of nitrogens with one attached hydrogen (secondary N) is 2. The van der Waals surface area contributed by atoms with Crippen molar-refractivity contribution < 1.29 is 9.15 Å². The van der Waals surface area contributed by atoms with E-state index in [9.17, 15) is 0 Å². The van der Waals surface area contributed by atoms with Crippen LogP contribution in [-0.4, -0.2) is 34.4 Å². The van der Waals surface area contributed by atoms with E-state index in [4.69, 9.17) is 38.1 Å². The van der Waals surface area contributed by atoms with Gasteiger partial charge in [0.25, 0.3) is 0 Å². The maximum absolute atomic E-state index is 6.33. The second-order valence-corrected chi connectivity index (χ2v) is 9.29. The molecule has 1 saturated heterocycles. The lowest BCUT2D eigenvalue weighted by Gasteiger charge is -2.21. The quantitative estimate of drug-likeness (QED) is 0.329. The van der Waals surface area contributed by atoms with Gasteiger partial charge in [-0.1, -0.05) is 29.3 Å². The number of pyridine rings is 1. The van der Waals surface area contributed by atoms with Crippen molar-refractivity contribution in [3.8, 4) is 16.9 Å². The zero-order valence-corrected chi connectivity index (χ0v) is 19.7. The first kappa shape index (κ1) is 22.1. The molecule has 33 heavy (non-hydrogen) atoms. The van der Waals surface area contributed by atoms with Crippen LogP contribution >= 0.6 is 23.2 Å².